The van der Waals surface area contributed by atoms with Gasteiger partial charge in [-0.25, -0.2) is 8.42 Å². The number of amides is 1. The molecule has 6 heteroatoms. The molecule has 0 aromatic carbocycles. The highest BCUT2D eigenvalue weighted by molar-refractivity contribution is 7.89. The van der Waals surface area contributed by atoms with Crippen molar-refractivity contribution >= 4 is 15.9 Å². The van der Waals surface area contributed by atoms with Crippen molar-refractivity contribution in [1.82, 2.24) is 9.21 Å². The summed E-state index contributed by atoms with van der Waals surface area (Å²) in [6, 6.07) is 0. The van der Waals surface area contributed by atoms with Crippen molar-refractivity contribution in [2.24, 2.45) is 0 Å². The molecule has 0 saturated carbocycles. The van der Waals surface area contributed by atoms with E-state index in [1.165, 1.54) is 0 Å². The number of hydrogen-bond donors (Lipinski definition) is 0. The van der Waals surface area contributed by atoms with Crippen LogP contribution in [0.1, 0.15) is 39.0 Å². The second-order valence-corrected chi connectivity index (χ2v) is 7.97. The molecule has 5 nitrogen and oxygen atoms in total. The summed E-state index contributed by atoms with van der Waals surface area (Å²) in [5.74, 6) is 0.255. The van der Waals surface area contributed by atoms with Crippen LogP contribution in [0.5, 0.6) is 0 Å². The summed E-state index contributed by atoms with van der Waals surface area (Å²) in [6.45, 7) is 6.93. The highest BCUT2D eigenvalue weighted by atomic mass is 32.2. The summed E-state index contributed by atoms with van der Waals surface area (Å²) in [5.41, 5.74) is -0.315. The lowest BCUT2D eigenvalue weighted by atomic mass is 9.80. The Bertz CT molecular complexity index is 485. The maximum Gasteiger partial charge on any atom is 0.223 e. The van der Waals surface area contributed by atoms with Crippen LogP contribution in [0.15, 0.2) is 12.7 Å². The van der Waals surface area contributed by atoms with Crippen LogP contribution in [-0.4, -0.2) is 54.5 Å². The smallest absolute Gasteiger partial charge is 0.223 e. The number of hydrogen-bond acceptors (Lipinski definition) is 3. The van der Waals surface area contributed by atoms with E-state index in [9.17, 15) is 13.2 Å². The first-order valence-corrected chi connectivity index (χ1v) is 8.95. The zero-order valence-electron chi connectivity index (χ0n) is 12.2. The molecule has 2 fully saturated rings. The van der Waals surface area contributed by atoms with Gasteiger partial charge in [0, 0.05) is 26.1 Å². The number of nitrogens with zero attached hydrogens (tertiary/aromatic N) is 2. The Morgan fingerprint density at radius 3 is 2.70 bits per heavy atom. The first-order valence-electron chi connectivity index (χ1n) is 7.34. The quantitative estimate of drug-likeness (QED) is 0.737. The van der Waals surface area contributed by atoms with Gasteiger partial charge in [0.1, 0.15) is 0 Å². The molecule has 2 aliphatic rings. The van der Waals surface area contributed by atoms with Crippen molar-refractivity contribution in [1.29, 1.82) is 0 Å². The monoisotopic (exact) mass is 300 g/mol. The Balaban J connectivity index is 2.27. The normalized spacial score (nSPS) is 28.9. The van der Waals surface area contributed by atoms with Gasteiger partial charge in [-0.1, -0.05) is 6.08 Å². The standard InChI is InChI=1S/C14H24N2O3S/c1-3-10-16-13(17)7-5-8-14(16)9-6-11-15(12-14)20(18,19)4-2/h3H,1,4-12H2,2H3. The van der Waals surface area contributed by atoms with Crippen molar-refractivity contribution in [3.63, 3.8) is 0 Å². The van der Waals surface area contributed by atoms with Gasteiger partial charge in [0.05, 0.1) is 11.3 Å². The molecule has 2 saturated heterocycles. The molecule has 1 amide bonds. The molecule has 0 bridgehead atoms. The molecule has 0 radical (unpaired) electrons. The van der Waals surface area contributed by atoms with E-state index in [1.807, 2.05) is 4.90 Å². The molecule has 114 valence electrons. The molecule has 2 rings (SSSR count). The Morgan fingerprint density at radius 2 is 2.05 bits per heavy atom. The second-order valence-electron chi connectivity index (χ2n) is 5.71. The molecule has 0 aromatic rings. The van der Waals surface area contributed by atoms with Crippen LogP contribution >= 0.6 is 0 Å². The topological polar surface area (TPSA) is 57.7 Å². The van der Waals surface area contributed by atoms with E-state index < -0.39 is 10.0 Å². The molecule has 1 spiro atoms. The molecule has 1 unspecified atom stereocenters. The van der Waals surface area contributed by atoms with E-state index in [1.54, 1.807) is 17.3 Å². The van der Waals surface area contributed by atoms with E-state index in [-0.39, 0.29) is 17.2 Å². The van der Waals surface area contributed by atoms with Gasteiger partial charge in [-0.3, -0.25) is 4.79 Å². The SMILES string of the molecule is C=CCN1C(=O)CCCC12CCCN(S(=O)(=O)CC)C2. The predicted octanol–water partition coefficient (Wildman–Crippen LogP) is 1.37. The third-order valence-corrected chi connectivity index (χ3v) is 6.32. The number of carbonyl (C=O) groups excluding carboxylic acids is 1. The largest absolute Gasteiger partial charge is 0.332 e. The summed E-state index contributed by atoms with van der Waals surface area (Å²) in [6.07, 6.45) is 5.76. The first kappa shape index (κ1) is 15.5. The Hall–Kier alpha value is -0.880. The van der Waals surface area contributed by atoms with Gasteiger partial charge in [-0.15, -0.1) is 6.58 Å². The highest BCUT2D eigenvalue weighted by Crippen LogP contribution is 2.37. The van der Waals surface area contributed by atoms with Gasteiger partial charge in [0.2, 0.25) is 15.9 Å². The number of carbonyl (C=O) groups is 1. The van der Waals surface area contributed by atoms with Crippen LogP contribution < -0.4 is 0 Å². The van der Waals surface area contributed by atoms with Crippen LogP contribution in [0.2, 0.25) is 0 Å². The fourth-order valence-corrected chi connectivity index (χ4v) is 4.65. The van der Waals surface area contributed by atoms with E-state index >= 15 is 0 Å². The Morgan fingerprint density at radius 1 is 1.35 bits per heavy atom. The lowest BCUT2D eigenvalue weighted by Crippen LogP contribution is -2.63. The van der Waals surface area contributed by atoms with Gasteiger partial charge in [0.15, 0.2) is 0 Å². The summed E-state index contributed by atoms with van der Waals surface area (Å²) < 4.78 is 25.8. The van der Waals surface area contributed by atoms with E-state index in [2.05, 4.69) is 6.58 Å². The molecular weight excluding hydrogens is 276 g/mol. The minimum absolute atomic E-state index is 0.123. The summed E-state index contributed by atoms with van der Waals surface area (Å²) in [4.78, 5) is 14.1. The van der Waals surface area contributed by atoms with Crippen molar-refractivity contribution in [3.8, 4) is 0 Å². The molecule has 0 aliphatic carbocycles. The lowest BCUT2D eigenvalue weighted by Gasteiger charge is -2.51. The Kier molecular flexibility index (Phi) is 4.54. The molecule has 0 N–H and O–H groups in total. The van der Waals surface area contributed by atoms with Gasteiger partial charge >= 0.3 is 0 Å². The summed E-state index contributed by atoms with van der Waals surface area (Å²) in [5, 5.41) is 0. The predicted molar refractivity (Wildman–Crippen MR) is 78.8 cm³/mol. The van der Waals surface area contributed by atoms with Crippen LogP contribution in [0.4, 0.5) is 0 Å². The fraction of sp³-hybridized carbons (Fsp3) is 0.786. The first-order chi connectivity index (χ1) is 9.45. The average Bonchev–Trinajstić information content (AvgIpc) is 2.43. The molecule has 2 aliphatic heterocycles. The molecule has 2 heterocycles. The van der Waals surface area contributed by atoms with Gasteiger partial charge < -0.3 is 4.90 Å². The molecule has 0 aromatic heterocycles. The lowest BCUT2D eigenvalue weighted by molar-refractivity contribution is -0.143. The third-order valence-electron chi connectivity index (χ3n) is 4.50. The van der Waals surface area contributed by atoms with Crippen LogP contribution in [0.25, 0.3) is 0 Å². The van der Waals surface area contributed by atoms with Gasteiger partial charge in [0.25, 0.3) is 0 Å². The van der Waals surface area contributed by atoms with Gasteiger partial charge in [-0.2, -0.15) is 4.31 Å². The van der Waals surface area contributed by atoms with E-state index in [0.29, 0.717) is 26.1 Å². The van der Waals surface area contributed by atoms with E-state index in [0.717, 1.165) is 25.7 Å². The molecule has 20 heavy (non-hydrogen) atoms. The maximum atomic E-state index is 12.2. The highest BCUT2D eigenvalue weighted by Gasteiger charge is 2.46. The van der Waals surface area contributed by atoms with Crippen LogP contribution in [0.3, 0.4) is 0 Å². The van der Waals surface area contributed by atoms with E-state index in [4.69, 9.17) is 0 Å². The van der Waals surface area contributed by atoms with Crippen LogP contribution in [0, 0.1) is 0 Å². The summed E-state index contributed by atoms with van der Waals surface area (Å²) >= 11 is 0. The van der Waals surface area contributed by atoms with Crippen molar-refractivity contribution in [2.75, 3.05) is 25.4 Å². The van der Waals surface area contributed by atoms with Crippen molar-refractivity contribution < 1.29 is 13.2 Å². The zero-order valence-corrected chi connectivity index (χ0v) is 13.0. The minimum Gasteiger partial charge on any atom is -0.332 e. The third kappa shape index (κ3) is 2.76. The number of likely N-dealkylation sites (tertiary alicyclic amines) is 1. The number of sulfonamides is 1. The number of piperidine rings is 2. The average molecular weight is 300 g/mol. The van der Waals surface area contributed by atoms with Crippen LogP contribution in [-0.2, 0) is 14.8 Å². The fourth-order valence-electron chi connectivity index (χ4n) is 3.44. The maximum absolute atomic E-state index is 12.2. The summed E-state index contributed by atoms with van der Waals surface area (Å²) in [7, 11) is -3.18. The van der Waals surface area contributed by atoms with Crippen molar-refractivity contribution in [3.05, 3.63) is 12.7 Å². The molecular formula is C14H24N2O3S. The molecule has 1 atom stereocenters. The van der Waals surface area contributed by atoms with Crippen molar-refractivity contribution in [2.45, 2.75) is 44.6 Å². The Labute approximate surface area is 121 Å². The van der Waals surface area contributed by atoms with Gasteiger partial charge in [-0.05, 0) is 32.6 Å². The zero-order chi connectivity index (χ0) is 14.8. The second kappa shape index (κ2) is 5.85. The number of rotatable bonds is 4. The minimum atomic E-state index is -3.18.